The molecule has 26 heavy (non-hydrogen) atoms. The van der Waals surface area contributed by atoms with E-state index in [1.165, 1.54) is 0 Å². The van der Waals surface area contributed by atoms with Gasteiger partial charge in [-0.25, -0.2) is 4.98 Å². The fourth-order valence-electron chi connectivity index (χ4n) is 3.92. The molecule has 6 nitrogen and oxygen atoms in total. The summed E-state index contributed by atoms with van der Waals surface area (Å²) in [6.07, 6.45) is 6.33. The van der Waals surface area contributed by atoms with Crippen LogP contribution < -0.4 is 4.74 Å². The molecular weight excluding hydrogens is 330 g/mol. The van der Waals surface area contributed by atoms with Gasteiger partial charge in [0.25, 0.3) is 0 Å². The van der Waals surface area contributed by atoms with Gasteiger partial charge in [-0.05, 0) is 36.5 Å². The van der Waals surface area contributed by atoms with Gasteiger partial charge in [-0.2, -0.15) is 0 Å². The van der Waals surface area contributed by atoms with E-state index in [1.54, 1.807) is 7.11 Å². The van der Waals surface area contributed by atoms with Gasteiger partial charge >= 0.3 is 0 Å². The molecule has 2 aromatic rings. The Balaban J connectivity index is 1.59. The van der Waals surface area contributed by atoms with Crippen molar-refractivity contribution in [1.29, 1.82) is 0 Å². The number of hydrogen-bond acceptors (Lipinski definition) is 4. The summed E-state index contributed by atoms with van der Waals surface area (Å²) in [6, 6.07) is 8.02. The first-order chi connectivity index (χ1) is 12.7. The zero-order valence-corrected chi connectivity index (χ0v) is 15.1. The first kappa shape index (κ1) is 17.1. The smallest absolute Gasteiger partial charge is 0.223 e. The van der Waals surface area contributed by atoms with Crippen LogP contribution in [0.5, 0.6) is 5.75 Å². The fraction of sp³-hybridized carbons (Fsp3) is 0.500. The summed E-state index contributed by atoms with van der Waals surface area (Å²) in [4.78, 5) is 19.6. The van der Waals surface area contributed by atoms with Crippen LogP contribution in [0, 0.1) is 5.92 Å². The number of aromatic nitrogens is 2. The van der Waals surface area contributed by atoms with Crippen LogP contribution >= 0.6 is 0 Å². The molecule has 0 N–H and O–H groups in total. The summed E-state index contributed by atoms with van der Waals surface area (Å²) >= 11 is 0. The van der Waals surface area contributed by atoms with Crippen molar-refractivity contribution in [3.05, 3.63) is 48.0 Å². The molecule has 2 aliphatic heterocycles. The molecule has 1 saturated heterocycles. The molecular formula is C20H25N3O3. The highest BCUT2D eigenvalue weighted by molar-refractivity contribution is 5.77. The van der Waals surface area contributed by atoms with Crippen LogP contribution in [0.15, 0.2) is 36.7 Å². The van der Waals surface area contributed by atoms with Gasteiger partial charge in [0, 0.05) is 38.6 Å². The maximum atomic E-state index is 13.2. The summed E-state index contributed by atoms with van der Waals surface area (Å²) in [7, 11) is 1.67. The number of carbonyl (C=O) groups excluding carboxylic acids is 1. The van der Waals surface area contributed by atoms with Crippen LogP contribution in [-0.2, 0) is 22.6 Å². The van der Waals surface area contributed by atoms with E-state index in [0.29, 0.717) is 18.9 Å². The third-order valence-electron chi connectivity index (χ3n) is 5.46. The molecule has 0 radical (unpaired) electrons. The summed E-state index contributed by atoms with van der Waals surface area (Å²) in [6.45, 7) is 2.81. The fourth-order valence-corrected chi connectivity index (χ4v) is 3.92. The number of methoxy groups -OCH3 is 1. The van der Waals surface area contributed by atoms with Crippen molar-refractivity contribution in [2.45, 2.75) is 38.4 Å². The minimum Gasteiger partial charge on any atom is -0.497 e. The zero-order valence-electron chi connectivity index (χ0n) is 15.1. The number of carbonyl (C=O) groups is 1. The van der Waals surface area contributed by atoms with Crippen molar-refractivity contribution in [2.24, 2.45) is 5.92 Å². The molecule has 0 aliphatic carbocycles. The summed E-state index contributed by atoms with van der Waals surface area (Å²) in [5.41, 5.74) is 1.10. The van der Waals surface area contributed by atoms with E-state index in [2.05, 4.69) is 15.6 Å². The maximum Gasteiger partial charge on any atom is 0.223 e. The average Bonchev–Trinajstić information content (AvgIpc) is 3.15. The van der Waals surface area contributed by atoms with Gasteiger partial charge in [0.05, 0.1) is 19.7 Å². The monoisotopic (exact) mass is 355 g/mol. The van der Waals surface area contributed by atoms with Gasteiger partial charge in [-0.15, -0.1) is 0 Å². The predicted molar refractivity (Wildman–Crippen MR) is 96.7 cm³/mol. The number of imidazole rings is 1. The molecule has 138 valence electrons. The third-order valence-corrected chi connectivity index (χ3v) is 5.46. The maximum absolute atomic E-state index is 13.2. The van der Waals surface area contributed by atoms with Crippen LogP contribution in [0.3, 0.4) is 0 Å². The molecule has 1 fully saturated rings. The molecule has 1 aromatic heterocycles. The van der Waals surface area contributed by atoms with E-state index >= 15 is 0 Å². The molecule has 6 heteroatoms. The lowest BCUT2D eigenvalue weighted by atomic mass is 9.94. The standard InChI is InChI=1S/C20H25N3O3/c1-25-17-4-2-3-16(12-17)18-13-22-8-7-21-19(22)14-23(18)20(24)11-15-5-9-26-10-6-15/h2-4,7-8,12,15,18H,5-6,9-11,13-14H2,1H3/t18-/m1/s1. The molecule has 2 aliphatic rings. The number of ether oxygens (including phenoxy) is 2. The van der Waals surface area contributed by atoms with Crippen LogP contribution in [-0.4, -0.2) is 40.7 Å². The molecule has 0 spiro atoms. The van der Waals surface area contributed by atoms with Gasteiger partial charge in [0.2, 0.25) is 5.91 Å². The third kappa shape index (κ3) is 3.46. The van der Waals surface area contributed by atoms with Crippen molar-refractivity contribution in [3.8, 4) is 5.75 Å². The lowest BCUT2D eigenvalue weighted by Gasteiger charge is -2.37. The normalized spacial score (nSPS) is 20.7. The Morgan fingerprint density at radius 2 is 2.19 bits per heavy atom. The number of fused-ring (bicyclic) bond motifs is 1. The number of hydrogen-bond donors (Lipinski definition) is 0. The van der Waals surface area contributed by atoms with Crippen molar-refractivity contribution in [3.63, 3.8) is 0 Å². The second kappa shape index (κ2) is 7.50. The van der Waals surface area contributed by atoms with E-state index in [1.807, 2.05) is 35.5 Å². The second-order valence-corrected chi connectivity index (χ2v) is 7.07. The van der Waals surface area contributed by atoms with E-state index in [0.717, 1.165) is 49.7 Å². The minimum absolute atomic E-state index is 0.000796. The van der Waals surface area contributed by atoms with E-state index in [-0.39, 0.29) is 11.9 Å². The first-order valence-corrected chi connectivity index (χ1v) is 9.26. The summed E-state index contributed by atoms with van der Waals surface area (Å²) < 4.78 is 12.9. The Kier molecular flexibility index (Phi) is 4.93. The Hall–Kier alpha value is -2.34. The Labute approximate surface area is 153 Å². The topological polar surface area (TPSA) is 56.6 Å². The van der Waals surface area contributed by atoms with Gasteiger partial charge < -0.3 is 18.9 Å². The second-order valence-electron chi connectivity index (χ2n) is 7.07. The molecule has 1 amide bonds. The van der Waals surface area contributed by atoms with Crippen LogP contribution in [0.25, 0.3) is 0 Å². The lowest BCUT2D eigenvalue weighted by molar-refractivity contribution is -0.137. The van der Waals surface area contributed by atoms with Crippen molar-refractivity contribution >= 4 is 5.91 Å². The highest BCUT2D eigenvalue weighted by Gasteiger charge is 2.32. The van der Waals surface area contributed by atoms with Gasteiger partial charge in [-0.3, -0.25) is 4.79 Å². The highest BCUT2D eigenvalue weighted by atomic mass is 16.5. The zero-order chi connectivity index (χ0) is 17.9. The summed E-state index contributed by atoms with van der Waals surface area (Å²) in [5.74, 6) is 2.39. The predicted octanol–water partition coefficient (Wildman–Crippen LogP) is 2.79. The molecule has 1 aromatic carbocycles. The Bertz CT molecular complexity index is 767. The number of benzene rings is 1. The van der Waals surface area contributed by atoms with Crippen LogP contribution in [0.4, 0.5) is 0 Å². The van der Waals surface area contributed by atoms with Crippen molar-refractivity contribution in [1.82, 2.24) is 14.5 Å². The lowest BCUT2D eigenvalue weighted by Crippen LogP contribution is -2.42. The van der Waals surface area contributed by atoms with Crippen molar-refractivity contribution in [2.75, 3.05) is 20.3 Å². The van der Waals surface area contributed by atoms with Crippen LogP contribution in [0.1, 0.15) is 36.7 Å². The molecule has 0 unspecified atom stereocenters. The van der Waals surface area contributed by atoms with E-state index in [4.69, 9.17) is 9.47 Å². The first-order valence-electron chi connectivity index (χ1n) is 9.26. The SMILES string of the molecule is COc1cccc([C@H]2Cn3ccnc3CN2C(=O)CC2CCOCC2)c1. The number of nitrogens with zero attached hydrogens (tertiary/aromatic N) is 3. The Morgan fingerprint density at radius 1 is 1.35 bits per heavy atom. The molecule has 1 atom stereocenters. The van der Waals surface area contributed by atoms with Crippen LogP contribution in [0.2, 0.25) is 0 Å². The van der Waals surface area contributed by atoms with Gasteiger partial charge in [-0.1, -0.05) is 12.1 Å². The molecule has 0 saturated carbocycles. The quantitative estimate of drug-likeness (QED) is 0.846. The minimum atomic E-state index is -0.000796. The molecule has 4 rings (SSSR count). The van der Waals surface area contributed by atoms with Crippen molar-refractivity contribution < 1.29 is 14.3 Å². The Morgan fingerprint density at radius 3 is 3.00 bits per heavy atom. The highest BCUT2D eigenvalue weighted by Crippen LogP contribution is 2.32. The molecule has 0 bridgehead atoms. The van der Waals surface area contributed by atoms with Gasteiger partial charge in [0.1, 0.15) is 11.6 Å². The molecule has 3 heterocycles. The van der Waals surface area contributed by atoms with E-state index in [9.17, 15) is 4.79 Å². The number of rotatable bonds is 4. The average molecular weight is 355 g/mol. The summed E-state index contributed by atoms with van der Waals surface area (Å²) in [5, 5.41) is 0. The largest absolute Gasteiger partial charge is 0.497 e. The van der Waals surface area contributed by atoms with E-state index < -0.39 is 0 Å². The van der Waals surface area contributed by atoms with Gasteiger partial charge in [0.15, 0.2) is 0 Å². The number of amides is 1.